The average molecular weight is 373 g/mol. The van der Waals surface area contributed by atoms with Crippen molar-refractivity contribution in [3.63, 3.8) is 0 Å². The molecule has 1 saturated heterocycles. The molecule has 2 aromatic rings. The number of nitrogens with zero attached hydrogens (tertiary/aromatic N) is 3. The average Bonchev–Trinajstić information content (AvgIpc) is 2.78. The fourth-order valence-corrected chi connectivity index (χ4v) is 2.99. The molecule has 2 heterocycles. The third kappa shape index (κ3) is 2.96. The molecule has 0 saturated carbocycles. The fraction of sp³-hybridized carbons (Fsp3) is 0.286. The number of amides is 1. The van der Waals surface area contributed by atoms with Crippen LogP contribution in [-0.2, 0) is 6.54 Å². The molecule has 1 aliphatic rings. The Kier molecular flexibility index (Phi) is 3.99. The number of rotatable bonds is 3. The zero-order chi connectivity index (χ0) is 15.0. The number of hydrogen-bond acceptors (Lipinski definition) is 2. The fourth-order valence-electron chi connectivity index (χ4n) is 2.41. The van der Waals surface area contributed by atoms with Crippen LogP contribution in [0.15, 0.2) is 35.1 Å². The molecule has 0 atom stereocenters. The van der Waals surface area contributed by atoms with Gasteiger partial charge in [-0.1, -0.05) is 17.7 Å². The van der Waals surface area contributed by atoms with E-state index >= 15 is 0 Å². The molecule has 7 heteroatoms. The highest BCUT2D eigenvalue weighted by atomic mass is 79.9. The third-order valence-electron chi connectivity index (χ3n) is 3.47. The van der Waals surface area contributed by atoms with Crippen LogP contribution in [0.3, 0.4) is 0 Å². The standard InChI is InChI=1S/C14H12BrClFN3O/c15-10-4-18-20(8-10)7-9-5-19(6-9)14(21)13-11(16)2-1-3-12(13)17/h1-4,8-9H,5-7H2. The molecular formula is C14H12BrClFN3O. The molecule has 1 aliphatic heterocycles. The van der Waals surface area contributed by atoms with Crippen molar-refractivity contribution >= 4 is 33.4 Å². The van der Waals surface area contributed by atoms with Crippen molar-refractivity contribution in [3.8, 4) is 0 Å². The van der Waals surface area contributed by atoms with Gasteiger partial charge in [0.05, 0.1) is 21.3 Å². The molecule has 0 bridgehead atoms. The SMILES string of the molecule is O=C(c1c(F)cccc1Cl)N1CC(Cn2cc(Br)cn2)C1. The topological polar surface area (TPSA) is 38.1 Å². The second-order valence-electron chi connectivity index (χ2n) is 5.05. The second kappa shape index (κ2) is 5.77. The number of likely N-dealkylation sites (tertiary alicyclic amines) is 1. The van der Waals surface area contributed by atoms with Crippen molar-refractivity contribution in [1.82, 2.24) is 14.7 Å². The number of carbonyl (C=O) groups excluding carboxylic acids is 1. The minimum absolute atomic E-state index is 0.0422. The predicted octanol–water partition coefficient (Wildman–Crippen LogP) is 3.21. The van der Waals surface area contributed by atoms with Crippen molar-refractivity contribution < 1.29 is 9.18 Å². The van der Waals surface area contributed by atoms with E-state index in [9.17, 15) is 9.18 Å². The Balaban J connectivity index is 1.62. The summed E-state index contributed by atoms with van der Waals surface area (Å²) in [6, 6.07) is 4.26. The van der Waals surface area contributed by atoms with Crippen molar-refractivity contribution in [1.29, 1.82) is 0 Å². The van der Waals surface area contributed by atoms with E-state index in [-0.39, 0.29) is 16.5 Å². The van der Waals surface area contributed by atoms with Gasteiger partial charge in [0.2, 0.25) is 0 Å². The summed E-state index contributed by atoms with van der Waals surface area (Å²) in [6.07, 6.45) is 3.61. The molecule has 0 unspecified atom stereocenters. The molecule has 3 rings (SSSR count). The Bertz CT molecular complexity index is 664. The minimum Gasteiger partial charge on any atom is -0.338 e. The van der Waals surface area contributed by atoms with Crippen molar-refractivity contribution in [3.05, 3.63) is 51.5 Å². The van der Waals surface area contributed by atoms with Crippen LogP contribution in [0.5, 0.6) is 0 Å². The quantitative estimate of drug-likeness (QED) is 0.830. The number of halogens is 3. The van der Waals surface area contributed by atoms with Gasteiger partial charge < -0.3 is 4.90 Å². The van der Waals surface area contributed by atoms with Crippen LogP contribution in [-0.4, -0.2) is 33.7 Å². The molecule has 21 heavy (non-hydrogen) atoms. The summed E-state index contributed by atoms with van der Waals surface area (Å²) in [6.45, 7) is 1.91. The van der Waals surface area contributed by atoms with Gasteiger partial charge in [0, 0.05) is 31.7 Å². The van der Waals surface area contributed by atoms with Crippen LogP contribution in [0.4, 0.5) is 4.39 Å². The normalized spacial score (nSPS) is 15.1. The Morgan fingerprint density at radius 1 is 1.48 bits per heavy atom. The highest BCUT2D eigenvalue weighted by Gasteiger charge is 2.33. The molecule has 0 aliphatic carbocycles. The molecular weight excluding hydrogens is 361 g/mol. The second-order valence-corrected chi connectivity index (χ2v) is 6.38. The van der Waals surface area contributed by atoms with Crippen LogP contribution in [0, 0.1) is 11.7 Å². The number of aromatic nitrogens is 2. The third-order valence-corrected chi connectivity index (χ3v) is 4.19. The van der Waals surface area contributed by atoms with Gasteiger partial charge in [-0.3, -0.25) is 9.48 Å². The lowest BCUT2D eigenvalue weighted by Crippen LogP contribution is -2.51. The molecule has 0 N–H and O–H groups in total. The van der Waals surface area contributed by atoms with Gasteiger partial charge in [-0.05, 0) is 28.1 Å². The van der Waals surface area contributed by atoms with Crippen LogP contribution in [0.1, 0.15) is 10.4 Å². The highest BCUT2D eigenvalue weighted by molar-refractivity contribution is 9.10. The van der Waals surface area contributed by atoms with E-state index in [1.165, 1.54) is 18.2 Å². The first-order chi connectivity index (χ1) is 10.0. The van der Waals surface area contributed by atoms with E-state index in [1.54, 1.807) is 11.1 Å². The maximum Gasteiger partial charge on any atom is 0.258 e. The highest BCUT2D eigenvalue weighted by Crippen LogP contribution is 2.25. The Morgan fingerprint density at radius 3 is 2.86 bits per heavy atom. The molecule has 1 aromatic carbocycles. The van der Waals surface area contributed by atoms with Crippen LogP contribution >= 0.6 is 27.5 Å². The van der Waals surface area contributed by atoms with Gasteiger partial charge in [0.25, 0.3) is 5.91 Å². The minimum atomic E-state index is -0.577. The van der Waals surface area contributed by atoms with Gasteiger partial charge >= 0.3 is 0 Å². The van der Waals surface area contributed by atoms with E-state index in [0.717, 1.165) is 11.0 Å². The number of benzene rings is 1. The van der Waals surface area contributed by atoms with Gasteiger partial charge in [-0.15, -0.1) is 0 Å². The van der Waals surface area contributed by atoms with E-state index in [1.807, 2.05) is 10.9 Å². The van der Waals surface area contributed by atoms with E-state index < -0.39 is 5.82 Å². The molecule has 1 aromatic heterocycles. The lowest BCUT2D eigenvalue weighted by molar-refractivity contribution is 0.0457. The summed E-state index contributed by atoms with van der Waals surface area (Å²) in [7, 11) is 0. The summed E-state index contributed by atoms with van der Waals surface area (Å²) in [5.74, 6) is -0.603. The Morgan fingerprint density at radius 2 is 2.24 bits per heavy atom. The van der Waals surface area contributed by atoms with Crippen LogP contribution < -0.4 is 0 Å². The molecule has 1 fully saturated rings. The van der Waals surface area contributed by atoms with Crippen LogP contribution in [0.25, 0.3) is 0 Å². The molecule has 1 amide bonds. The Labute approximate surface area is 134 Å². The van der Waals surface area contributed by atoms with Crippen molar-refractivity contribution in [2.24, 2.45) is 5.92 Å². The zero-order valence-corrected chi connectivity index (χ0v) is 13.3. The first kappa shape index (κ1) is 14.5. The molecule has 110 valence electrons. The van der Waals surface area contributed by atoms with Gasteiger partial charge in [0.15, 0.2) is 0 Å². The molecule has 0 spiro atoms. The lowest BCUT2D eigenvalue weighted by atomic mass is 9.98. The Hall–Kier alpha value is -1.40. The first-order valence-corrected chi connectivity index (χ1v) is 7.63. The maximum atomic E-state index is 13.7. The lowest BCUT2D eigenvalue weighted by Gasteiger charge is -2.39. The largest absolute Gasteiger partial charge is 0.338 e. The first-order valence-electron chi connectivity index (χ1n) is 6.46. The number of hydrogen-bond donors (Lipinski definition) is 0. The molecule has 4 nitrogen and oxygen atoms in total. The summed E-state index contributed by atoms with van der Waals surface area (Å²) in [5, 5.41) is 4.33. The summed E-state index contributed by atoms with van der Waals surface area (Å²) >= 11 is 9.25. The van der Waals surface area contributed by atoms with E-state index in [4.69, 9.17) is 11.6 Å². The van der Waals surface area contributed by atoms with Gasteiger partial charge in [0.1, 0.15) is 5.82 Å². The van der Waals surface area contributed by atoms with Gasteiger partial charge in [-0.2, -0.15) is 5.10 Å². The smallest absolute Gasteiger partial charge is 0.258 e. The van der Waals surface area contributed by atoms with Crippen molar-refractivity contribution in [2.45, 2.75) is 6.54 Å². The maximum absolute atomic E-state index is 13.7. The monoisotopic (exact) mass is 371 g/mol. The van der Waals surface area contributed by atoms with Crippen molar-refractivity contribution in [2.75, 3.05) is 13.1 Å². The number of carbonyl (C=O) groups is 1. The summed E-state index contributed by atoms with van der Waals surface area (Å²) < 4.78 is 16.5. The summed E-state index contributed by atoms with van der Waals surface area (Å²) in [5.41, 5.74) is -0.0422. The van der Waals surface area contributed by atoms with E-state index in [0.29, 0.717) is 19.0 Å². The van der Waals surface area contributed by atoms with E-state index in [2.05, 4.69) is 21.0 Å². The van der Waals surface area contributed by atoms with Gasteiger partial charge in [-0.25, -0.2) is 4.39 Å². The predicted molar refractivity (Wildman–Crippen MR) is 80.7 cm³/mol. The zero-order valence-electron chi connectivity index (χ0n) is 11.0. The van der Waals surface area contributed by atoms with Crippen LogP contribution in [0.2, 0.25) is 5.02 Å². The summed E-state index contributed by atoms with van der Waals surface area (Å²) in [4.78, 5) is 13.8. The molecule has 0 radical (unpaired) electrons.